The number of carbonyl (C=O) groups excluding carboxylic acids is 1. The molecule has 0 radical (unpaired) electrons. The summed E-state index contributed by atoms with van der Waals surface area (Å²) in [4.78, 5) is 13.0. The molecular weight excluding hydrogens is 181 g/mol. The van der Waals surface area contributed by atoms with Crippen molar-refractivity contribution in [1.29, 1.82) is 0 Å². The molecule has 1 aliphatic rings. The van der Waals surface area contributed by atoms with Crippen LogP contribution in [0.2, 0.25) is 0 Å². The number of nitrogens with zero attached hydrogens (tertiary/aromatic N) is 1. The molecule has 1 amide bonds. The fourth-order valence-corrected chi connectivity index (χ4v) is 1.50. The molecule has 1 heterocycles. The second-order valence-electron chi connectivity index (χ2n) is 3.39. The summed E-state index contributed by atoms with van der Waals surface area (Å²) in [5, 5.41) is 0. The van der Waals surface area contributed by atoms with Crippen molar-refractivity contribution in [3.8, 4) is 0 Å². The van der Waals surface area contributed by atoms with Crippen molar-refractivity contribution in [1.82, 2.24) is 0 Å². The second-order valence-corrected chi connectivity index (χ2v) is 3.39. The van der Waals surface area contributed by atoms with Crippen LogP contribution in [-0.2, 0) is 4.79 Å². The third-order valence-corrected chi connectivity index (χ3v) is 2.18. The molecule has 0 spiro atoms. The lowest BCUT2D eigenvalue weighted by atomic mass is 10.3. The van der Waals surface area contributed by atoms with Crippen molar-refractivity contribution >= 4 is 11.6 Å². The molecule has 0 fully saturated rings. The van der Waals surface area contributed by atoms with Gasteiger partial charge in [-0.25, -0.2) is 4.39 Å². The van der Waals surface area contributed by atoms with E-state index < -0.39 is 0 Å². The van der Waals surface area contributed by atoms with Crippen molar-refractivity contribution in [2.45, 2.75) is 6.92 Å². The number of amides is 1. The van der Waals surface area contributed by atoms with Gasteiger partial charge in [0, 0.05) is 18.3 Å². The highest BCUT2D eigenvalue weighted by molar-refractivity contribution is 6.04. The summed E-state index contributed by atoms with van der Waals surface area (Å²) in [6.45, 7) is 2.51. The standard InChI is InChI=1S/C11H10FNO/c1-8-6-11(14)13(7-8)10-4-2-9(12)3-5-10/h2-6H,7H2,1H3. The van der Waals surface area contributed by atoms with Crippen LogP contribution >= 0.6 is 0 Å². The van der Waals surface area contributed by atoms with Gasteiger partial charge < -0.3 is 4.90 Å². The maximum absolute atomic E-state index is 12.6. The van der Waals surface area contributed by atoms with E-state index in [0.717, 1.165) is 11.3 Å². The molecule has 1 aliphatic heterocycles. The van der Waals surface area contributed by atoms with Gasteiger partial charge in [-0.2, -0.15) is 0 Å². The Morgan fingerprint density at radius 3 is 2.43 bits per heavy atom. The van der Waals surface area contributed by atoms with E-state index in [4.69, 9.17) is 0 Å². The van der Waals surface area contributed by atoms with E-state index in [0.29, 0.717) is 6.54 Å². The van der Waals surface area contributed by atoms with Crippen LogP contribution in [0.4, 0.5) is 10.1 Å². The molecule has 0 saturated heterocycles. The smallest absolute Gasteiger partial charge is 0.251 e. The molecule has 1 aromatic rings. The third kappa shape index (κ3) is 1.53. The van der Waals surface area contributed by atoms with Crippen LogP contribution < -0.4 is 4.90 Å². The first-order valence-corrected chi connectivity index (χ1v) is 4.41. The zero-order valence-corrected chi connectivity index (χ0v) is 7.83. The number of rotatable bonds is 1. The summed E-state index contributed by atoms with van der Waals surface area (Å²) < 4.78 is 12.6. The highest BCUT2D eigenvalue weighted by Crippen LogP contribution is 2.20. The van der Waals surface area contributed by atoms with E-state index in [2.05, 4.69) is 0 Å². The van der Waals surface area contributed by atoms with Crippen LogP contribution in [0, 0.1) is 5.82 Å². The first-order valence-electron chi connectivity index (χ1n) is 4.41. The number of anilines is 1. The lowest BCUT2D eigenvalue weighted by Crippen LogP contribution is -2.24. The fourth-order valence-electron chi connectivity index (χ4n) is 1.50. The Labute approximate surface area is 81.6 Å². The molecule has 0 unspecified atom stereocenters. The van der Waals surface area contributed by atoms with Crippen LogP contribution in [-0.4, -0.2) is 12.5 Å². The van der Waals surface area contributed by atoms with Crippen LogP contribution in [0.3, 0.4) is 0 Å². The number of benzene rings is 1. The summed E-state index contributed by atoms with van der Waals surface area (Å²) >= 11 is 0. The first kappa shape index (κ1) is 8.94. The maximum Gasteiger partial charge on any atom is 0.251 e. The normalized spacial score (nSPS) is 16.0. The average Bonchev–Trinajstić information content (AvgIpc) is 2.47. The zero-order chi connectivity index (χ0) is 10.1. The van der Waals surface area contributed by atoms with Gasteiger partial charge in [-0.05, 0) is 36.8 Å². The number of halogens is 1. The second kappa shape index (κ2) is 3.25. The molecule has 2 nitrogen and oxygen atoms in total. The Balaban J connectivity index is 2.26. The van der Waals surface area contributed by atoms with Gasteiger partial charge >= 0.3 is 0 Å². The molecule has 0 N–H and O–H groups in total. The summed E-state index contributed by atoms with van der Waals surface area (Å²) in [7, 11) is 0. The Morgan fingerprint density at radius 1 is 1.29 bits per heavy atom. The van der Waals surface area contributed by atoms with Gasteiger partial charge in [0.2, 0.25) is 0 Å². The molecule has 72 valence electrons. The van der Waals surface area contributed by atoms with E-state index in [1.54, 1.807) is 23.1 Å². The SMILES string of the molecule is CC1=CC(=O)N(c2ccc(F)cc2)C1. The molecular formula is C11H10FNO. The van der Waals surface area contributed by atoms with Crippen LogP contribution in [0.25, 0.3) is 0 Å². The zero-order valence-electron chi connectivity index (χ0n) is 7.83. The molecule has 14 heavy (non-hydrogen) atoms. The highest BCUT2D eigenvalue weighted by atomic mass is 19.1. The van der Waals surface area contributed by atoms with E-state index in [1.807, 2.05) is 6.92 Å². The monoisotopic (exact) mass is 191 g/mol. The molecule has 0 bridgehead atoms. The lowest BCUT2D eigenvalue weighted by Gasteiger charge is -2.15. The van der Waals surface area contributed by atoms with Crippen molar-refractivity contribution in [3.05, 3.63) is 41.7 Å². The third-order valence-electron chi connectivity index (χ3n) is 2.18. The quantitative estimate of drug-likeness (QED) is 0.665. The van der Waals surface area contributed by atoms with Gasteiger partial charge in [-0.1, -0.05) is 0 Å². The molecule has 0 aromatic heterocycles. The predicted octanol–water partition coefficient (Wildman–Crippen LogP) is 2.12. The van der Waals surface area contributed by atoms with Crippen LogP contribution in [0.1, 0.15) is 6.92 Å². The Bertz CT molecular complexity index is 394. The summed E-state index contributed by atoms with van der Waals surface area (Å²) in [6.07, 6.45) is 1.60. The number of carbonyl (C=O) groups is 1. The van der Waals surface area contributed by atoms with E-state index in [-0.39, 0.29) is 11.7 Å². The minimum Gasteiger partial charge on any atom is -0.305 e. The van der Waals surface area contributed by atoms with Gasteiger partial charge in [-0.3, -0.25) is 4.79 Å². The van der Waals surface area contributed by atoms with E-state index in [1.165, 1.54) is 12.1 Å². The summed E-state index contributed by atoms with van der Waals surface area (Å²) in [5.41, 5.74) is 1.77. The van der Waals surface area contributed by atoms with Crippen molar-refractivity contribution in [3.63, 3.8) is 0 Å². The van der Waals surface area contributed by atoms with Gasteiger partial charge in [0.25, 0.3) is 5.91 Å². The fraction of sp³-hybridized carbons (Fsp3) is 0.182. The van der Waals surface area contributed by atoms with Gasteiger partial charge in [-0.15, -0.1) is 0 Å². The summed E-state index contributed by atoms with van der Waals surface area (Å²) in [6, 6.07) is 5.94. The summed E-state index contributed by atoms with van der Waals surface area (Å²) in [5.74, 6) is -0.320. The molecule has 0 saturated carbocycles. The molecule has 3 heteroatoms. The average molecular weight is 191 g/mol. The van der Waals surface area contributed by atoms with E-state index in [9.17, 15) is 9.18 Å². The Kier molecular flexibility index (Phi) is 2.08. The lowest BCUT2D eigenvalue weighted by molar-refractivity contribution is -0.113. The molecule has 0 atom stereocenters. The largest absolute Gasteiger partial charge is 0.305 e. The van der Waals surface area contributed by atoms with Crippen molar-refractivity contribution < 1.29 is 9.18 Å². The van der Waals surface area contributed by atoms with Gasteiger partial charge in [0.15, 0.2) is 0 Å². The van der Waals surface area contributed by atoms with Crippen LogP contribution in [0.15, 0.2) is 35.9 Å². The predicted molar refractivity (Wildman–Crippen MR) is 52.5 cm³/mol. The van der Waals surface area contributed by atoms with Crippen LogP contribution in [0.5, 0.6) is 0 Å². The number of hydrogen-bond acceptors (Lipinski definition) is 1. The highest BCUT2D eigenvalue weighted by Gasteiger charge is 2.19. The molecule has 2 rings (SSSR count). The van der Waals surface area contributed by atoms with Gasteiger partial charge in [0.1, 0.15) is 5.82 Å². The van der Waals surface area contributed by atoms with Crippen molar-refractivity contribution in [2.75, 3.05) is 11.4 Å². The topological polar surface area (TPSA) is 20.3 Å². The first-order chi connectivity index (χ1) is 6.66. The Morgan fingerprint density at radius 2 is 1.93 bits per heavy atom. The number of hydrogen-bond donors (Lipinski definition) is 0. The molecule has 0 aliphatic carbocycles. The minimum absolute atomic E-state index is 0.0332. The Hall–Kier alpha value is -1.64. The minimum atomic E-state index is -0.287. The van der Waals surface area contributed by atoms with E-state index >= 15 is 0 Å². The maximum atomic E-state index is 12.6. The van der Waals surface area contributed by atoms with Crippen molar-refractivity contribution in [2.24, 2.45) is 0 Å². The van der Waals surface area contributed by atoms with Gasteiger partial charge in [0.05, 0.1) is 0 Å². The molecule has 1 aromatic carbocycles.